The van der Waals surface area contributed by atoms with Gasteiger partial charge in [0, 0.05) is 28.2 Å². The summed E-state index contributed by atoms with van der Waals surface area (Å²) >= 11 is 0. The Kier molecular flexibility index (Phi) is 4.32. The number of benzene rings is 3. The summed E-state index contributed by atoms with van der Waals surface area (Å²) in [6.07, 6.45) is 1.93. The molecule has 130 valence electrons. The van der Waals surface area contributed by atoms with Gasteiger partial charge < -0.3 is 14.6 Å². The van der Waals surface area contributed by atoms with Gasteiger partial charge >= 0.3 is 0 Å². The van der Waals surface area contributed by atoms with Gasteiger partial charge in [-0.1, -0.05) is 36.4 Å². The van der Waals surface area contributed by atoms with Gasteiger partial charge in [0.2, 0.25) is 5.91 Å². The summed E-state index contributed by atoms with van der Waals surface area (Å²) in [6.45, 7) is 2.87. The number of rotatable bonds is 5. The summed E-state index contributed by atoms with van der Waals surface area (Å²) in [5, 5.41) is 6.25. The predicted molar refractivity (Wildman–Crippen MR) is 106 cm³/mol. The van der Waals surface area contributed by atoms with Gasteiger partial charge in [0.05, 0.1) is 6.61 Å². The molecule has 0 atom stereocenters. The van der Waals surface area contributed by atoms with Gasteiger partial charge in [0.25, 0.3) is 0 Å². The first kappa shape index (κ1) is 16.2. The van der Waals surface area contributed by atoms with Crippen molar-refractivity contribution in [3.05, 3.63) is 72.9 Å². The van der Waals surface area contributed by atoms with Crippen LogP contribution in [0, 0.1) is 0 Å². The van der Waals surface area contributed by atoms with Gasteiger partial charge in [-0.3, -0.25) is 4.79 Å². The lowest BCUT2D eigenvalue weighted by Crippen LogP contribution is -2.18. The van der Waals surface area contributed by atoms with Crippen LogP contribution in [0.5, 0.6) is 5.75 Å². The van der Waals surface area contributed by atoms with Gasteiger partial charge in [0.1, 0.15) is 12.3 Å². The van der Waals surface area contributed by atoms with Crippen LogP contribution in [-0.4, -0.2) is 17.1 Å². The normalized spacial score (nSPS) is 11.0. The molecular formula is C22H20N2O2. The highest BCUT2D eigenvalue weighted by molar-refractivity contribution is 6.02. The van der Waals surface area contributed by atoms with Crippen LogP contribution in [-0.2, 0) is 11.3 Å². The second-order valence-electron chi connectivity index (χ2n) is 6.17. The van der Waals surface area contributed by atoms with Crippen LogP contribution in [0.25, 0.3) is 21.7 Å². The molecule has 0 radical (unpaired) electrons. The number of hydrogen-bond acceptors (Lipinski definition) is 2. The van der Waals surface area contributed by atoms with Crippen LogP contribution in [0.4, 0.5) is 5.69 Å². The van der Waals surface area contributed by atoms with E-state index in [-0.39, 0.29) is 12.5 Å². The van der Waals surface area contributed by atoms with E-state index in [0.717, 1.165) is 33.1 Å². The number of nitrogens with one attached hydrogen (secondary N) is 1. The molecule has 0 saturated heterocycles. The van der Waals surface area contributed by atoms with Gasteiger partial charge in [-0.25, -0.2) is 0 Å². The average Bonchev–Trinajstić information content (AvgIpc) is 3.04. The van der Waals surface area contributed by atoms with Crippen molar-refractivity contribution in [1.29, 1.82) is 0 Å². The van der Waals surface area contributed by atoms with E-state index in [0.29, 0.717) is 6.61 Å². The molecule has 1 aromatic heterocycles. The first-order valence-corrected chi connectivity index (χ1v) is 8.74. The van der Waals surface area contributed by atoms with Gasteiger partial charge in [-0.2, -0.15) is 0 Å². The molecule has 0 aliphatic rings. The molecule has 0 aliphatic carbocycles. The molecule has 4 rings (SSSR count). The van der Waals surface area contributed by atoms with Crippen molar-refractivity contribution in [3.8, 4) is 5.75 Å². The molecule has 4 aromatic rings. The lowest BCUT2D eigenvalue weighted by atomic mass is 10.1. The van der Waals surface area contributed by atoms with Gasteiger partial charge in [-0.05, 0) is 42.6 Å². The predicted octanol–water partition coefficient (Wildman–Crippen LogP) is 4.83. The van der Waals surface area contributed by atoms with E-state index in [4.69, 9.17) is 4.74 Å². The summed E-state index contributed by atoms with van der Waals surface area (Å²) in [7, 11) is 0. The van der Waals surface area contributed by atoms with Gasteiger partial charge in [-0.15, -0.1) is 0 Å². The first-order chi connectivity index (χ1) is 12.7. The van der Waals surface area contributed by atoms with Crippen molar-refractivity contribution in [2.75, 3.05) is 11.9 Å². The third-order valence-corrected chi connectivity index (χ3v) is 4.43. The Morgan fingerprint density at radius 3 is 2.73 bits per heavy atom. The summed E-state index contributed by atoms with van der Waals surface area (Å²) in [4.78, 5) is 12.6. The number of hydrogen-bond donors (Lipinski definition) is 1. The number of ether oxygens (including phenoxy) is 1. The largest absolute Gasteiger partial charge is 0.494 e. The highest BCUT2D eigenvalue weighted by Crippen LogP contribution is 2.24. The fourth-order valence-corrected chi connectivity index (χ4v) is 3.25. The quantitative estimate of drug-likeness (QED) is 0.563. The second-order valence-corrected chi connectivity index (χ2v) is 6.17. The molecule has 3 aromatic carbocycles. The van der Waals surface area contributed by atoms with Crippen LogP contribution < -0.4 is 10.1 Å². The fourth-order valence-electron chi connectivity index (χ4n) is 3.25. The first-order valence-electron chi connectivity index (χ1n) is 8.74. The number of fused-ring (bicyclic) bond motifs is 2. The molecule has 4 heteroatoms. The van der Waals surface area contributed by atoms with Crippen molar-refractivity contribution in [3.63, 3.8) is 0 Å². The Balaban J connectivity index is 1.55. The molecule has 0 fully saturated rings. The molecule has 0 aliphatic heterocycles. The smallest absolute Gasteiger partial charge is 0.244 e. The van der Waals surface area contributed by atoms with Crippen molar-refractivity contribution in [2.24, 2.45) is 0 Å². The van der Waals surface area contributed by atoms with Gasteiger partial charge in [0.15, 0.2) is 0 Å². The van der Waals surface area contributed by atoms with Crippen LogP contribution in [0.3, 0.4) is 0 Å². The Labute approximate surface area is 152 Å². The van der Waals surface area contributed by atoms with Crippen LogP contribution in [0.15, 0.2) is 72.9 Å². The molecule has 0 spiro atoms. The van der Waals surface area contributed by atoms with Crippen molar-refractivity contribution < 1.29 is 9.53 Å². The van der Waals surface area contributed by atoms with Crippen LogP contribution >= 0.6 is 0 Å². The molecule has 1 heterocycles. The average molecular weight is 344 g/mol. The number of aromatic nitrogens is 1. The Hall–Kier alpha value is -3.27. The molecule has 4 nitrogen and oxygen atoms in total. The van der Waals surface area contributed by atoms with Crippen LogP contribution in [0.2, 0.25) is 0 Å². The number of carbonyl (C=O) groups is 1. The molecule has 0 bridgehead atoms. The van der Waals surface area contributed by atoms with E-state index in [2.05, 4.69) is 5.32 Å². The number of anilines is 1. The monoisotopic (exact) mass is 344 g/mol. The fraction of sp³-hybridized carbons (Fsp3) is 0.136. The van der Waals surface area contributed by atoms with E-state index in [9.17, 15) is 4.79 Å². The maximum absolute atomic E-state index is 12.6. The van der Waals surface area contributed by atoms with Crippen molar-refractivity contribution >= 4 is 33.3 Å². The molecule has 26 heavy (non-hydrogen) atoms. The van der Waals surface area contributed by atoms with E-state index in [1.54, 1.807) is 0 Å². The van der Waals surface area contributed by atoms with E-state index in [1.807, 2.05) is 84.4 Å². The summed E-state index contributed by atoms with van der Waals surface area (Å²) < 4.78 is 7.49. The van der Waals surface area contributed by atoms with Crippen molar-refractivity contribution in [2.45, 2.75) is 13.5 Å². The molecular weight excluding hydrogens is 324 g/mol. The maximum atomic E-state index is 12.6. The topological polar surface area (TPSA) is 43.3 Å². The zero-order valence-corrected chi connectivity index (χ0v) is 14.6. The standard InChI is InChI=1S/C22H20N2O2/c1-2-26-18-10-11-21-17(14-18)12-13-24(21)15-22(25)23-20-9-5-7-16-6-3-4-8-19(16)20/h3-14H,2,15H2,1H3,(H,23,25). The number of carbonyl (C=O) groups excluding carboxylic acids is 1. The molecule has 0 unspecified atom stereocenters. The SMILES string of the molecule is CCOc1ccc2c(ccn2CC(=O)Nc2cccc3ccccc23)c1. The maximum Gasteiger partial charge on any atom is 0.244 e. The zero-order valence-electron chi connectivity index (χ0n) is 14.6. The minimum absolute atomic E-state index is 0.0484. The summed E-state index contributed by atoms with van der Waals surface area (Å²) in [5.41, 5.74) is 1.85. The van der Waals surface area contributed by atoms with E-state index < -0.39 is 0 Å². The lowest BCUT2D eigenvalue weighted by molar-refractivity contribution is -0.116. The minimum Gasteiger partial charge on any atom is -0.494 e. The Morgan fingerprint density at radius 1 is 1.00 bits per heavy atom. The zero-order chi connectivity index (χ0) is 17.9. The minimum atomic E-state index is -0.0484. The van der Waals surface area contributed by atoms with E-state index >= 15 is 0 Å². The third-order valence-electron chi connectivity index (χ3n) is 4.43. The molecule has 0 saturated carbocycles. The van der Waals surface area contributed by atoms with E-state index in [1.165, 1.54) is 0 Å². The molecule has 1 amide bonds. The second kappa shape index (κ2) is 6.92. The Morgan fingerprint density at radius 2 is 1.85 bits per heavy atom. The number of nitrogens with zero attached hydrogens (tertiary/aromatic N) is 1. The molecule has 1 N–H and O–H groups in total. The highest BCUT2D eigenvalue weighted by Gasteiger charge is 2.09. The summed E-state index contributed by atoms with van der Waals surface area (Å²) in [5.74, 6) is 0.797. The highest BCUT2D eigenvalue weighted by atomic mass is 16.5. The summed E-state index contributed by atoms with van der Waals surface area (Å²) in [6, 6.07) is 21.9. The lowest BCUT2D eigenvalue weighted by Gasteiger charge is -2.10. The van der Waals surface area contributed by atoms with Crippen molar-refractivity contribution in [1.82, 2.24) is 4.57 Å². The van der Waals surface area contributed by atoms with Crippen LogP contribution in [0.1, 0.15) is 6.92 Å². The third kappa shape index (κ3) is 3.14. The number of amides is 1. The Bertz CT molecular complexity index is 1080.